The number of carbonyl (C=O) groups is 1. The number of rotatable bonds is 5. The number of methoxy groups -OCH3 is 1. The van der Waals surface area contributed by atoms with Crippen LogP contribution in [0, 0.1) is 5.92 Å². The molecule has 0 spiro atoms. The standard InChI is InChI=1S/C18H25NO4S/c1-23-16-8-6-14(7-9-16)17(13-4-2-3-5-13)18(20)19-15-10-11-24(21,22)12-15/h6-9,13,15,17H,2-5,10-12H2,1H3,(H,19,20). The average Bonchev–Trinajstić information content (AvgIpc) is 3.18. The van der Waals surface area contributed by atoms with Crippen molar-refractivity contribution in [2.75, 3.05) is 18.6 Å². The average molecular weight is 351 g/mol. The van der Waals surface area contributed by atoms with Crippen molar-refractivity contribution in [3.8, 4) is 5.75 Å². The van der Waals surface area contributed by atoms with Gasteiger partial charge in [0, 0.05) is 6.04 Å². The lowest BCUT2D eigenvalue weighted by Gasteiger charge is -2.25. The monoisotopic (exact) mass is 351 g/mol. The summed E-state index contributed by atoms with van der Waals surface area (Å²) in [6, 6.07) is 7.42. The maximum Gasteiger partial charge on any atom is 0.228 e. The number of nitrogens with one attached hydrogen (secondary N) is 1. The zero-order valence-electron chi connectivity index (χ0n) is 14.0. The van der Waals surface area contributed by atoms with Crippen molar-refractivity contribution in [2.24, 2.45) is 5.92 Å². The van der Waals surface area contributed by atoms with E-state index in [0.29, 0.717) is 12.3 Å². The number of benzene rings is 1. The molecule has 5 nitrogen and oxygen atoms in total. The van der Waals surface area contributed by atoms with E-state index in [2.05, 4.69) is 5.32 Å². The molecular formula is C18H25NO4S. The molecule has 1 N–H and O–H groups in total. The third kappa shape index (κ3) is 3.91. The minimum Gasteiger partial charge on any atom is -0.497 e. The van der Waals surface area contributed by atoms with Crippen LogP contribution in [-0.2, 0) is 14.6 Å². The molecule has 1 saturated heterocycles. The van der Waals surface area contributed by atoms with Crippen LogP contribution in [0.1, 0.15) is 43.6 Å². The van der Waals surface area contributed by atoms with Gasteiger partial charge in [0.05, 0.1) is 24.5 Å². The zero-order chi connectivity index (χ0) is 17.2. The first-order valence-corrected chi connectivity index (χ1v) is 10.5. The summed E-state index contributed by atoms with van der Waals surface area (Å²) in [4.78, 5) is 12.9. The zero-order valence-corrected chi connectivity index (χ0v) is 14.8. The van der Waals surface area contributed by atoms with Gasteiger partial charge in [-0.25, -0.2) is 8.42 Å². The van der Waals surface area contributed by atoms with Crippen LogP contribution >= 0.6 is 0 Å². The van der Waals surface area contributed by atoms with Gasteiger partial charge in [0.2, 0.25) is 5.91 Å². The molecule has 24 heavy (non-hydrogen) atoms. The molecule has 132 valence electrons. The molecule has 2 unspecified atom stereocenters. The van der Waals surface area contributed by atoms with Crippen molar-refractivity contribution in [3.05, 3.63) is 29.8 Å². The van der Waals surface area contributed by atoms with E-state index in [1.807, 2.05) is 24.3 Å². The van der Waals surface area contributed by atoms with Gasteiger partial charge in [-0.2, -0.15) is 0 Å². The van der Waals surface area contributed by atoms with Crippen LogP contribution in [0.4, 0.5) is 0 Å². The minimum atomic E-state index is -2.99. The van der Waals surface area contributed by atoms with Crippen molar-refractivity contribution in [1.82, 2.24) is 5.32 Å². The maximum absolute atomic E-state index is 12.9. The highest BCUT2D eigenvalue weighted by atomic mass is 32.2. The highest BCUT2D eigenvalue weighted by Gasteiger charge is 2.35. The first-order chi connectivity index (χ1) is 11.5. The van der Waals surface area contributed by atoms with Crippen molar-refractivity contribution >= 4 is 15.7 Å². The van der Waals surface area contributed by atoms with Gasteiger partial charge < -0.3 is 10.1 Å². The second-order valence-electron chi connectivity index (χ2n) is 6.90. The van der Waals surface area contributed by atoms with Crippen LogP contribution < -0.4 is 10.1 Å². The summed E-state index contributed by atoms with van der Waals surface area (Å²) in [6.45, 7) is 0. The van der Waals surface area contributed by atoms with Crippen molar-refractivity contribution in [3.63, 3.8) is 0 Å². The third-order valence-corrected chi connectivity index (χ3v) is 6.98. The Balaban J connectivity index is 1.77. The van der Waals surface area contributed by atoms with Gasteiger partial charge in [-0.05, 0) is 42.9 Å². The van der Waals surface area contributed by atoms with Crippen LogP contribution in [0.3, 0.4) is 0 Å². The quantitative estimate of drug-likeness (QED) is 0.883. The van der Waals surface area contributed by atoms with Gasteiger partial charge in [-0.3, -0.25) is 4.79 Å². The molecule has 6 heteroatoms. The topological polar surface area (TPSA) is 72.5 Å². The van der Waals surface area contributed by atoms with E-state index in [1.165, 1.54) is 0 Å². The molecule has 1 aromatic carbocycles. The molecule has 0 bridgehead atoms. The fraction of sp³-hybridized carbons (Fsp3) is 0.611. The fourth-order valence-electron chi connectivity index (χ4n) is 3.94. The molecule has 1 amide bonds. The first kappa shape index (κ1) is 17.3. The second kappa shape index (κ2) is 7.13. The molecule has 1 aliphatic heterocycles. The molecule has 1 saturated carbocycles. The van der Waals surface area contributed by atoms with Gasteiger partial charge in [0.15, 0.2) is 9.84 Å². The molecule has 1 aromatic rings. The molecule has 0 aromatic heterocycles. The van der Waals surface area contributed by atoms with Gasteiger partial charge >= 0.3 is 0 Å². The molecule has 2 aliphatic rings. The third-order valence-electron chi connectivity index (χ3n) is 5.21. The lowest BCUT2D eigenvalue weighted by Crippen LogP contribution is -2.40. The Morgan fingerprint density at radius 1 is 1.17 bits per heavy atom. The van der Waals surface area contributed by atoms with Crippen LogP contribution in [0.25, 0.3) is 0 Å². The predicted molar refractivity (Wildman–Crippen MR) is 92.9 cm³/mol. The van der Waals surface area contributed by atoms with Crippen LogP contribution in [0.5, 0.6) is 5.75 Å². The number of carbonyl (C=O) groups excluding carboxylic acids is 1. The van der Waals surface area contributed by atoms with E-state index in [0.717, 1.165) is 37.0 Å². The van der Waals surface area contributed by atoms with E-state index >= 15 is 0 Å². The maximum atomic E-state index is 12.9. The smallest absolute Gasteiger partial charge is 0.228 e. The van der Waals surface area contributed by atoms with E-state index in [9.17, 15) is 13.2 Å². The number of ether oxygens (including phenoxy) is 1. The summed E-state index contributed by atoms with van der Waals surface area (Å²) in [5, 5.41) is 2.99. The molecular weight excluding hydrogens is 326 g/mol. The Bertz CT molecular complexity index is 677. The van der Waals surface area contributed by atoms with E-state index in [4.69, 9.17) is 4.74 Å². The number of hydrogen-bond donors (Lipinski definition) is 1. The number of hydrogen-bond acceptors (Lipinski definition) is 4. The van der Waals surface area contributed by atoms with Gasteiger partial charge in [0.25, 0.3) is 0 Å². The Labute approximate surface area is 143 Å². The number of sulfone groups is 1. The minimum absolute atomic E-state index is 0.0332. The van der Waals surface area contributed by atoms with Crippen molar-refractivity contribution in [2.45, 2.75) is 44.1 Å². The molecule has 2 fully saturated rings. The van der Waals surface area contributed by atoms with E-state index < -0.39 is 9.84 Å². The van der Waals surface area contributed by atoms with E-state index in [1.54, 1.807) is 7.11 Å². The Hall–Kier alpha value is -1.56. The Morgan fingerprint density at radius 3 is 2.38 bits per heavy atom. The molecule has 3 rings (SSSR count). The lowest BCUT2D eigenvalue weighted by molar-refractivity contribution is -0.124. The summed E-state index contributed by atoms with van der Waals surface area (Å²) in [6.07, 6.45) is 4.93. The summed E-state index contributed by atoms with van der Waals surface area (Å²) in [5.74, 6) is 1.10. The van der Waals surface area contributed by atoms with Gasteiger partial charge in [0.1, 0.15) is 5.75 Å². The predicted octanol–water partition coefficient (Wildman–Crippen LogP) is 2.27. The number of amides is 1. The lowest BCUT2D eigenvalue weighted by atomic mass is 9.84. The SMILES string of the molecule is COc1ccc(C(C(=O)NC2CCS(=O)(=O)C2)C2CCCC2)cc1. The van der Waals surface area contributed by atoms with Gasteiger partial charge in [-0.15, -0.1) is 0 Å². The van der Waals surface area contributed by atoms with Crippen LogP contribution in [-0.4, -0.2) is 39.0 Å². The van der Waals surface area contributed by atoms with E-state index in [-0.39, 0.29) is 29.4 Å². The van der Waals surface area contributed by atoms with Crippen molar-refractivity contribution in [1.29, 1.82) is 0 Å². The summed E-state index contributed by atoms with van der Waals surface area (Å²) >= 11 is 0. The summed E-state index contributed by atoms with van der Waals surface area (Å²) in [7, 11) is -1.37. The highest BCUT2D eigenvalue weighted by molar-refractivity contribution is 7.91. The summed E-state index contributed by atoms with van der Waals surface area (Å²) in [5.41, 5.74) is 0.987. The highest BCUT2D eigenvalue weighted by Crippen LogP contribution is 2.38. The normalized spacial score (nSPS) is 24.6. The molecule has 1 aliphatic carbocycles. The first-order valence-electron chi connectivity index (χ1n) is 8.63. The molecule has 2 atom stereocenters. The van der Waals surface area contributed by atoms with Gasteiger partial charge in [-0.1, -0.05) is 25.0 Å². The molecule has 0 radical (unpaired) electrons. The Morgan fingerprint density at radius 2 is 1.83 bits per heavy atom. The Kier molecular flexibility index (Phi) is 5.13. The van der Waals surface area contributed by atoms with Crippen LogP contribution in [0.15, 0.2) is 24.3 Å². The van der Waals surface area contributed by atoms with Crippen LogP contribution in [0.2, 0.25) is 0 Å². The largest absolute Gasteiger partial charge is 0.497 e. The fourth-order valence-corrected chi connectivity index (χ4v) is 5.61. The molecule has 1 heterocycles. The summed E-state index contributed by atoms with van der Waals surface area (Å²) < 4.78 is 28.4. The second-order valence-corrected chi connectivity index (χ2v) is 9.13. The van der Waals surface area contributed by atoms with Crippen molar-refractivity contribution < 1.29 is 17.9 Å².